The van der Waals surface area contributed by atoms with Gasteiger partial charge in [-0.25, -0.2) is 0 Å². The second-order valence-electron chi connectivity index (χ2n) is 4.02. The Balaban J connectivity index is 2.22. The molecule has 1 saturated carbocycles. The predicted molar refractivity (Wildman–Crippen MR) is 43.7 cm³/mol. The first-order valence-electron chi connectivity index (χ1n) is 4.61. The molecule has 1 aliphatic carbocycles. The fourth-order valence-electron chi connectivity index (χ4n) is 2.35. The molecule has 2 fully saturated rings. The molecule has 1 aliphatic heterocycles. The molecule has 0 aromatic heterocycles. The van der Waals surface area contributed by atoms with E-state index in [2.05, 4.69) is 0 Å². The largest absolute Gasteiger partial charge is 0.396 e. The average molecular weight is 172 g/mol. The van der Waals surface area contributed by atoms with E-state index in [-0.39, 0.29) is 12.0 Å². The maximum Gasteiger partial charge on any atom is 0.175 e. The first-order valence-corrected chi connectivity index (χ1v) is 4.61. The maximum absolute atomic E-state index is 9.29. The van der Waals surface area contributed by atoms with Crippen LogP contribution < -0.4 is 0 Å². The molecule has 12 heavy (non-hydrogen) atoms. The van der Waals surface area contributed by atoms with E-state index in [1.165, 1.54) is 0 Å². The van der Waals surface area contributed by atoms with Gasteiger partial charge in [-0.1, -0.05) is 6.92 Å². The van der Waals surface area contributed by atoms with Gasteiger partial charge in [0, 0.05) is 11.8 Å². The Morgan fingerprint density at radius 2 is 1.92 bits per heavy atom. The molecule has 0 amide bonds. The fraction of sp³-hybridized carbons (Fsp3) is 1.00. The Labute approximate surface area is 72.7 Å². The smallest absolute Gasteiger partial charge is 0.175 e. The summed E-state index contributed by atoms with van der Waals surface area (Å²) < 4.78 is 11.3. The molecule has 2 aliphatic rings. The number of hydrogen-bond donors (Lipinski definition) is 1. The van der Waals surface area contributed by atoms with Crippen molar-refractivity contribution in [3.8, 4) is 0 Å². The molecule has 3 nitrogen and oxygen atoms in total. The van der Waals surface area contributed by atoms with Crippen molar-refractivity contribution in [2.75, 3.05) is 19.8 Å². The summed E-state index contributed by atoms with van der Waals surface area (Å²) in [4.78, 5) is 0. The summed E-state index contributed by atoms with van der Waals surface area (Å²) >= 11 is 0. The van der Waals surface area contributed by atoms with E-state index < -0.39 is 5.79 Å². The lowest BCUT2D eigenvalue weighted by Gasteiger charge is -2.37. The zero-order chi connectivity index (χ0) is 8.66. The number of aliphatic hydroxyl groups is 1. The number of hydrogen-bond acceptors (Lipinski definition) is 3. The highest BCUT2D eigenvalue weighted by Gasteiger charge is 2.55. The van der Waals surface area contributed by atoms with Crippen molar-refractivity contribution >= 4 is 0 Å². The third kappa shape index (κ3) is 0.934. The lowest BCUT2D eigenvalue weighted by molar-refractivity contribution is -0.225. The second kappa shape index (κ2) is 2.69. The van der Waals surface area contributed by atoms with Gasteiger partial charge in [-0.15, -0.1) is 0 Å². The number of rotatable bonds is 1. The molecule has 1 N–H and O–H groups in total. The lowest BCUT2D eigenvalue weighted by Crippen LogP contribution is -2.45. The second-order valence-corrected chi connectivity index (χ2v) is 4.02. The van der Waals surface area contributed by atoms with Crippen LogP contribution in [0.5, 0.6) is 0 Å². The van der Waals surface area contributed by atoms with E-state index in [1.54, 1.807) is 0 Å². The topological polar surface area (TPSA) is 38.7 Å². The molecule has 1 saturated heterocycles. The molecule has 2 rings (SSSR count). The summed E-state index contributed by atoms with van der Waals surface area (Å²) in [5, 5.41) is 9.29. The summed E-state index contributed by atoms with van der Waals surface area (Å²) in [5.74, 6) is -0.457. The van der Waals surface area contributed by atoms with Gasteiger partial charge in [-0.05, 0) is 12.8 Å². The van der Waals surface area contributed by atoms with Crippen molar-refractivity contribution in [3.63, 3.8) is 0 Å². The minimum Gasteiger partial charge on any atom is -0.396 e. The van der Waals surface area contributed by atoms with Crippen LogP contribution in [0.2, 0.25) is 0 Å². The Morgan fingerprint density at radius 1 is 1.25 bits per heavy atom. The van der Waals surface area contributed by atoms with E-state index in [4.69, 9.17) is 9.47 Å². The summed E-state index contributed by atoms with van der Waals surface area (Å²) in [7, 11) is 0. The minimum absolute atomic E-state index is 0.160. The summed E-state index contributed by atoms with van der Waals surface area (Å²) in [6, 6.07) is 0. The van der Waals surface area contributed by atoms with E-state index in [0.29, 0.717) is 13.2 Å². The van der Waals surface area contributed by atoms with Gasteiger partial charge in [0.25, 0.3) is 0 Å². The van der Waals surface area contributed by atoms with Crippen LogP contribution in [-0.4, -0.2) is 30.7 Å². The van der Waals surface area contributed by atoms with Crippen molar-refractivity contribution in [3.05, 3.63) is 0 Å². The molecule has 70 valence electrons. The van der Waals surface area contributed by atoms with Gasteiger partial charge in [0.2, 0.25) is 0 Å². The van der Waals surface area contributed by atoms with Crippen LogP contribution in [-0.2, 0) is 9.47 Å². The molecule has 0 aromatic rings. The first kappa shape index (κ1) is 8.48. The molecule has 1 heterocycles. The zero-order valence-corrected chi connectivity index (χ0v) is 7.51. The van der Waals surface area contributed by atoms with Gasteiger partial charge in [0.15, 0.2) is 5.79 Å². The van der Waals surface area contributed by atoms with Crippen LogP contribution in [0.25, 0.3) is 0 Å². The Bertz CT molecular complexity index is 169. The number of aliphatic hydroxyl groups excluding tert-OH is 1. The van der Waals surface area contributed by atoms with E-state index >= 15 is 0 Å². The molecule has 1 spiro atoms. The summed E-state index contributed by atoms with van der Waals surface area (Å²) in [6.45, 7) is 3.56. The Morgan fingerprint density at radius 3 is 2.50 bits per heavy atom. The van der Waals surface area contributed by atoms with Crippen molar-refractivity contribution < 1.29 is 14.6 Å². The predicted octanol–water partition coefficient (Wildman–Crippen LogP) is 0.912. The molecule has 0 bridgehead atoms. The van der Waals surface area contributed by atoms with E-state index in [0.717, 1.165) is 19.3 Å². The van der Waals surface area contributed by atoms with Gasteiger partial charge in [0.1, 0.15) is 0 Å². The summed E-state index contributed by atoms with van der Waals surface area (Å²) in [5.41, 5.74) is -0.177. The van der Waals surface area contributed by atoms with Crippen molar-refractivity contribution in [2.24, 2.45) is 5.41 Å². The molecule has 1 unspecified atom stereocenters. The molecule has 3 heteroatoms. The minimum atomic E-state index is -0.457. The van der Waals surface area contributed by atoms with Crippen LogP contribution in [0.15, 0.2) is 0 Å². The maximum atomic E-state index is 9.29. The third-order valence-corrected chi connectivity index (χ3v) is 3.26. The van der Waals surface area contributed by atoms with Crippen molar-refractivity contribution in [2.45, 2.75) is 32.0 Å². The van der Waals surface area contributed by atoms with Crippen LogP contribution in [0.1, 0.15) is 26.2 Å². The molecule has 1 atom stereocenters. The van der Waals surface area contributed by atoms with Gasteiger partial charge in [-0.3, -0.25) is 0 Å². The standard InChI is InChI=1S/C9H16O3/c1-8(7-10)3-2-4-9(8)11-5-6-12-9/h10H,2-7H2,1H3. The fourth-order valence-corrected chi connectivity index (χ4v) is 2.35. The monoisotopic (exact) mass is 172 g/mol. The van der Waals surface area contributed by atoms with Crippen LogP contribution in [0, 0.1) is 5.41 Å². The summed E-state index contributed by atoms with van der Waals surface area (Å²) in [6.07, 6.45) is 3.03. The molecule has 0 aromatic carbocycles. The van der Waals surface area contributed by atoms with Crippen molar-refractivity contribution in [1.29, 1.82) is 0 Å². The van der Waals surface area contributed by atoms with E-state index in [1.807, 2.05) is 6.92 Å². The highest BCUT2D eigenvalue weighted by Crippen LogP contribution is 2.50. The Hall–Kier alpha value is -0.120. The zero-order valence-electron chi connectivity index (χ0n) is 7.51. The third-order valence-electron chi connectivity index (χ3n) is 3.26. The van der Waals surface area contributed by atoms with Gasteiger partial charge in [0.05, 0.1) is 19.8 Å². The highest BCUT2D eigenvalue weighted by molar-refractivity contribution is 4.97. The SMILES string of the molecule is CC1(CO)CCCC12OCCO2. The van der Waals surface area contributed by atoms with Gasteiger partial charge < -0.3 is 14.6 Å². The Kier molecular flexibility index (Phi) is 1.90. The van der Waals surface area contributed by atoms with Gasteiger partial charge in [-0.2, -0.15) is 0 Å². The molecule has 0 radical (unpaired) electrons. The average Bonchev–Trinajstić information content (AvgIpc) is 2.64. The van der Waals surface area contributed by atoms with Gasteiger partial charge >= 0.3 is 0 Å². The first-order chi connectivity index (χ1) is 5.72. The molecular formula is C9H16O3. The lowest BCUT2D eigenvalue weighted by atomic mass is 9.84. The van der Waals surface area contributed by atoms with Crippen LogP contribution in [0.4, 0.5) is 0 Å². The number of ether oxygens (including phenoxy) is 2. The van der Waals surface area contributed by atoms with E-state index in [9.17, 15) is 5.11 Å². The highest BCUT2D eigenvalue weighted by atomic mass is 16.7. The van der Waals surface area contributed by atoms with Crippen LogP contribution >= 0.6 is 0 Å². The van der Waals surface area contributed by atoms with Crippen LogP contribution in [0.3, 0.4) is 0 Å². The quantitative estimate of drug-likeness (QED) is 0.639. The molecular weight excluding hydrogens is 156 g/mol. The van der Waals surface area contributed by atoms with Crippen molar-refractivity contribution in [1.82, 2.24) is 0 Å². The normalized spacial score (nSPS) is 39.5.